The van der Waals surface area contributed by atoms with Gasteiger partial charge in [0.25, 0.3) is 0 Å². The Morgan fingerprint density at radius 2 is 2.14 bits per heavy atom. The largest absolute Gasteiger partial charge is 0.382 e. The van der Waals surface area contributed by atoms with E-state index < -0.39 is 0 Å². The maximum atomic E-state index is 11.4. The molecule has 0 aromatic heterocycles. The zero-order valence-electron chi connectivity index (χ0n) is 13.0. The van der Waals surface area contributed by atoms with E-state index in [-0.39, 0.29) is 5.91 Å². The van der Waals surface area contributed by atoms with Crippen molar-refractivity contribution in [3.05, 3.63) is 24.3 Å². The molecule has 2 N–H and O–H groups in total. The van der Waals surface area contributed by atoms with Crippen molar-refractivity contribution in [2.75, 3.05) is 17.2 Å². The minimum absolute atomic E-state index is 0.0428. The van der Waals surface area contributed by atoms with Crippen molar-refractivity contribution in [1.82, 2.24) is 0 Å². The summed E-state index contributed by atoms with van der Waals surface area (Å²) in [5, 5.41) is 6.46. The van der Waals surface area contributed by atoms with Crippen LogP contribution < -0.4 is 10.6 Å². The molecule has 21 heavy (non-hydrogen) atoms. The van der Waals surface area contributed by atoms with Gasteiger partial charge in [-0.15, -0.1) is 0 Å². The third-order valence-corrected chi connectivity index (χ3v) is 3.82. The number of hydrogen-bond donors (Lipinski definition) is 2. The van der Waals surface area contributed by atoms with Gasteiger partial charge in [0.1, 0.15) is 0 Å². The predicted octanol–water partition coefficient (Wildman–Crippen LogP) is 3.79. The molecule has 4 heteroatoms. The van der Waals surface area contributed by atoms with Crippen molar-refractivity contribution in [3.63, 3.8) is 0 Å². The molecule has 1 aliphatic heterocycles. The molecule has 1 saturated heterocycles. The average Bonchev–Trinajstić information content (AvgIpc) is 2.48. The van der Waals surface area contributed by atoms with Crippen LogP contribution in [-0.2, 0) is 9.53 Å². The van der Waals surface area contributed by atoms with Crippen LogP contribution in [0, 0.1) is 0 Å². The molecule has 1 aromatic rings. The van der Waals surface area contributed by atoms with Crippen LogP contribution >= 0.6 is 0 Å². The Labute approximate surface area is 127 Å². The maximum Gasteiger partial charge on any atom is 0.224 e. The van der Waals surface area contributed by atoms with E-state index in [9.17, 15) is 4.79 Å². The predicted molar refractivity (Wildman–Crippen MR) is 86.7 cm³/mol. The third kappa shape index (κ3) is 5.05. The Morgan fingerprint density at radius 3 is 2.90 bits per heavy atom. The zero-order chi connectivity index (χ0) is 15.1. The van der Waals surface area contributed by atoms with Crippen LogP contribution in [-0.4, -0.2) is 24.7 Å². The molecule has 0 radical (unpaired) electrons. The highest BCUT2D eigenvalue weighted by Gasteiger charge is 2.21. The minimum Gasteiger partial charge on any atom is -0.382 e. The Bertz CT molecular complexity index is 460. The Balaban J connectivity index is 1.92. The first kappa shape index (κ1) is 15.8. The van der Waals surface area contributed by atoms with Gasteiger partial charge in [0.15, 0.2) is 0 Å². The fourth-order valence-corrected chi connectivity index (χ4v) is 2.71. The molecule has 0 aliphatic carbocycles. The van der Waals surface area contributed by atoms with Crippen LogP contribution in [0.3, 0.4) is 0 Å². The van der Waals surface area contributed by atoms with E-state index in [1.165, 1.54) is 0 Å². The summed E-state index contributed by atoms with van der Waals surface area (Å²) >= 11 is 0. The average molecular weight is 290 g/mol. The first-order valence-corrected chi connectivity index (χ1v) is 7.99. The molecular weight excluding hydrogens is 264 g/mol. The van der Waals surface area contributed by atoms with Crippen molar-refractivity contribution < 1.29 is 9.53 Å². The molecule has 2 rings (SSSR count). The van der Waals surface area contributed by atoms with Crippen LogP contribution in [0.1, 0.15) is 46.0 Å². The van der Waals surface area contributed by atoms with E-state index in [4.69, 9.17) is 4.74 Å². The molecule has 2 unspecified atom stereocenters. The summed E-state index contributed by atoms with van der Waals surface area (Å²) in [5.41, 5.74) is 1.91. The molecule has 116 valence electrons. The van der Waals surface area contributed by atoms with Gasteiger partial charge in [-0.3, -0.25) is 4.79 Å². The molecule has 1 aromatic carbocycles. The number of rotatable bonds is 6. The van der Waals surface area contributed by atoms with Gasteiger partial charge in [0.05, 0.1) is 6.10 Å². The van der Waals surface area contributed by atoms with Gasteiger partial charge in [-0.2, -0.15) is 0 Å². The second-order valence-electron chi connectivity index (χ2n) is 5.63. The van der Waals surface area contributed by atoms with Crippen molar-refractivity contribution in [1.29, 1.82) is 0 Å². The van der Waals surface area contributed by atoms with E-state index in [1.807, 2.05) is 31.2 Å². The molecular formula is C17H26N2O2. The van der Waals surface area contributed by atoms with Crippen molar-refractivity contribution >= 4 is 17.3 Å². The maximum absolute atomic E-state index is 11.4. The van der Waals surface area contributed by atoms with E-state index in [2.05, 4.69) is 17.6 Å². The van der Waals surface area contributed by atoms with Crippen LogP contribution in [0.5, 0.6) is 0 Å². The highest BCUT2D eigenvalue weighted by molar-refractivity contribution is 5.90. The lowest BCUT2D eigenvalue weighted by molar-refractivity contribution is -0.115. The molecule has 1 aliphatic rings. The van der Waals surface area contributed by atoms with Crippen molar-refractivity contribution in [3.8, 4) is 0 Å². The number of anilines is 2. The smallest absolute Gasteiger partial charge is 0.224 e. The molecule has 0 bridgehead atoms. The van der Waals surface area contributed by atoms with Gasteiger partial charge >= 0.3 is 0 Å². The molecule has 1 heterocycles. The Morgan fingerprint density at radius 1 is 1.33 bits per heavy atom. The Hall–Kier alpha value is -1.55. The SMILES string of the molecule is CCCC1CC(Nc2cccc(NC(=O)CC)c2)CCO1. The number of benzene rings is 1. The van der Waals surface area contributed by atoms with Crippen LogP contribution in [0.25, 0.3) is 0 Å². The second-order valence-corrected chi connectivity index (χ2v) is 5.63. The number of hydrogen-bond acceptors (Lipinski definition) is 3. The second kappa shape index (κ2) is 8.03. The van der Waals surface area contributed by atoms with Gasteiger partial charge in [-0.25, -0.2) is 0 Å². The molecule has 0 saturated carbocycles. The molecule has 4 nitrogen and oxygen atoms in total. The fourth-order valence-electron chi connectivity index (χ4n) is 2.71. The van der Waals surface area contributed by atoms with Gasteiger partial charge in [0, 0.05) is 30.4 Å². The standard InChI is InChI=1S/C17H26N2O2/c1-3-6-16-12-15(9-10-21-16)18-13-7-5-8-14(11-13)19-17(20)4-2/h5,7-8,11,15-16,18H,3-4,6,9-10,12H2,1-2H3,(H,19,20). The van der Waals surface area contributed by atoms with Crippen LogP contribution in [0.15, 0.2) is 24.3 Å². The number of nitrogens with one attached hydrogen (secondary N) is 2. The summed E-state index contributed by atoms with van der Waals surface area (Å²) in [6.45, 7) is 4.88. The molecule has 0 spiro atoms. The summed E-state index contributed by atoms with van der Waals surface area (Å²) in [5.74, 6) is 0.0428. The normalized spacial score (nSPS) is 21.8. The number of ether oxygens (including phenoxy) is 1. The van der Waals surface area contributed by atoms with Gasteiger partial charge in [-0.1, -0.05) is 26.3 Å². The fraction of sp³-hybridized carbons (Fsp3) is 0.588. The molecule has 1 amide bonds. The lowest BCUT2D eigenvalue weighted by atomic mass is 10.00. The van der Waals surface area contributed by atoms with E-state index in [0.29, 0.717) is 18.6 Å². The van der Waals surface area contributed by atoms with E-state index in [1.54, 1.807) is 0 Å². The van der Waals surface area contributed by atoms with E-state index >= 15 is 0 Å². The Kier molecular flexibility index (Phi) is 6.05. The van der Waals surface area contributed by atoms with Crippen LogP contribution in [0.4, 0.5) is 11.4 Å². The zero-order valence-corrected chi connectivity index (χ0v) is 13.0. The third-order valence-electron chi connectivity index (χ3n) is 3.82. The number of carbonyl (C=O) groups is 1. The van der Waals surface area contributed by atoms with Gasteiger partial charge in [-0.05, 0) is 37.5 Å². The summed E-state index contributed by atoms with van der Waals surface area (Å²) in [6, 6.07) is 8.38. The van der Waals surface area contributed by atoms with Gasteiger partial charge < -0.3 is 15.4 Å². The van der Waals surface area contributed by atoms with Gasteiger partial charge in [0.2, 0.25) is 5.91 Å². The highest BCUT2D eigenvalue weighted by Crippen LogP contribution is 2.23. The quantitative estimate of drug-likeness (QED) is 0.838. The first-order valence-electron chi connectivity index (χ1n) is 7.99. The summed E-state index contributed by atoms with van der Waals surface area (Å²) < 4.78 is 5.78. The minimum atomic E-state index is 0.0428. The monoisotopic (exact) mass is 290 g/mol. The first-order chi connectivity index (χ1) is 10.2. The van der Waals surface area contributed by atoms with E-state index in [0.717, 1.165) is 43.7 Å². The summed E-state index contributed by atoms with van der Waals surface area (Å²) in [6.07, 6.45) is 5.26. The highest BCUT2D eigenvalue weighted by atomic mass is 16.5. The lowest BCUT2D eigenvalue weighted by Crippen LogP contribution is -2.34. The van der Waals surface area contributed by atoms with Crippen molar-refractivity contribution in [2.24, 2.45) is 0 Å². The summed E-state index contributed by atoms with van der Waals surface area (Å²) in [7, 11) is 0. The van der Waals surface area contributed by atoms with Crippen molar-refractivity contribution in [2.45, 2.75) is 58.1 Å². The summed E-state index contributed by atoms with van der Waals surface area (Å²) in [4.78, 5) is 11.4. The lowest BCUT2D eigenvalue weighted by Gasteiger charge is -2.30. The number of carbonyl (C=O) groups excluding carboxylic acids is 1. The number of amides is 1. The molecule has 1 fully saturated rings. The van der Waals surface area contributed by atoms with Crippen LogP contribution in [0.2, 0.25) is 0 Å². The topological polar surface area (TPSA) is 50.4 Å². The molecule has 2 atom stereocenters.